The quantitative estimate of drug-likeness (QED) is 0.263. The van der Waals surface area contributed by atoms with Gasteiger partial charge in [0, 0.05) is 22.3 Å². The summed E-state index contributed by atoms with van der Waals surface area (Å²) in [7, 11) is 0. The van der Waals surface area contributed by atoms with Crippen LogP contribution < -0.4 is 4.90 Å². The van der Waals surface area contributed by atoms with E-state index >= 15 is 0 Å². The van der Waals surface area contributed by atoms with E-state index in [0.717, 1.165) is 0 Å². The van der Waals surface area contributed by atoms with Crippen LogP contribution in [0.1, 0.15) is 96.4 Å². The topological polar surface area (TPSA) is 3.24 Å². The van der Waals surface area contributed by atoms with Crippen LogP contribution in [0.5, 0.6) is 0 Å². The summed E-state index contributed by atoms with van der Waals surface area (Å²) in [5, 5.41) is 0. The molecule has 0 heterocycles. The van der Waals surface area contributed by atoms with E-state index in [-0.39, 0.29) is 11.0 Å². The molecule has 0 bridgehead atoms. The lowest BCUT2D eigenvalue weighted by molar-refractivity contribution is 0.553. The van der Waals surface area contributed by atoms with Gasteiger partial charge in [0.25, 0.3) is 0 Å². The van der Waals surface area contributed by atoms with Gasteiger partial charge in [0.05, 0.1) is 0 Å². The number of hydrogen-bond acceptors (Lipinski definition) is 1. The fraction of sp³-hybridized carbons (Fsp3) is 0.351. The molecule has 0 spiro atoms. The predicted molar refractivity (Wildman–Crippen MR) is 166 cm³/mol. The van der Waals surface area contributed by atoms with E-state index in [2.05, 4.69) is 152 Å². The molecule has 1 aliphatic rings. The number of rotatable bonds is 5. The Hall–Kier alpha value is -3.32. The molecule has 0 unspecified atom stereocenters. The summed E-state index contributed by atoms with van der Waals surface area (Å²) in [6, 6.07) is 31.6. The lowest BCUT2D eigenvalue weighted by Crippen LogP contribution is -2.39. The van der Waals surface area contributed by atoms with Gasteiger partial charge in [0.2, 0.25) is 0 Å². The molecule has 0 N–H and O–H groups in total. The van der Waals surface area contributed by atoms with E-state index in [9.17, 15) is 0 Å². The minimum Gasteiger partial charge on any atom is -0.336 e. The number of anilines is 2. The van der Waals surface area contributed by atoms with Gasteiger partial charge in [-0.3, -0.25) is 0 Å². The van der Waals surface area contributed by atoms with Crippen LogP contribution in [0.3, 0.4) is 0 Å². The molecule has 0 atom stereocenters. The van der Waals surface area contributed by atoms with Crippen LogP contribution in [-0.2, 0) is 5.41 Å². The van der Waals surface area contributed by atoms with E-state index in [1.165, 1.54) is 55.9 Å². The normalized spacial score (nSPS) is 14.1. The van der Waals surface area contributed by atoms with Gasteiger partial charge in [0.1, 0.15) is 0 Å². The van der Waals surface area contributed by atoms with Crippen molar-refractivity contribution >= 4 is 11.4 Å². The van der Waals surface area contributed by atoms with Gasteiger partial charge in [-0.15, -0.1) is 0 Å². The van der Waals surface area contributed by atoms with Crippen molar-refractivity contribution in [2.75, 3.05) is 4.90 Å². The molecule has 0 saturated heterocycles. The minimum absolute atomic E-state index is 0.0438. The van der Waals surface area contributed by atoms with Crippen LogP contribution in [-0.4, -0.2) is 5.54 Å². The van der Waals surface area contributed by atoms with E-state index in [1.807, 2.05) is 0 Å². The molecule has 1 aliphatic carbocycles. The summed E-state index contributed by atoms with van der Waals surface area (Å²) < 4.78 is 0. The molecule has 4 aromatic rings. The molecule has 0 aromatic heterocycles. The Balaban J connectivity index is 1.81. The molecule has 0 fully saturated rings. The van der Waals surface area contributed by atoms with Crippen LogP contribution in [0.15, 0.2) is 84.9 Å². The summed E-state index contributed by atoms with van der Waals surface area (Å²) >= 11 is 0. The van der Waals surface area contributed by atoms with E-state index in [0.29, 0.717) is 11.8 Å². The fourth-order valence-corrected chi connectivity index (χ4v) is 6.57. The van der Waals surface area contributed by atoms with Crippen molar-refractivity contribution in [3.05, 3.63) is 107 Å². The zero-order valence-electron chi connectivity index (χ0n) is 24.7. The maximum Gasteiger partial charge on any atom is 0.0457 e. The second kappa shape index (κ2) is 9.45. The van der Waals surface area contributed by atoms with Gasteiger partial charge >= 0.3 is 0 Å². The largest absolute Gasteiger partial charge is 0.336 e. The first-order valence-corrected chi connectivity index (χ1v) is 14.2. The second-order valence-corrected chi connectivity index (χ2v) is 13.0. The maximum atomic E-state index is 2.63. The predicted octanol–water partition coefficient (Wildman–Crippen LogP) is 10.8. The molecule has 5 rings (SSSR count). The van der Waals surface area contributed by atoms with Crippen LogP contribution in [0.4, 0.5) is 11.4 Å². The van der Waals surface area contributed by atoms with Crippen molar-refractivity contribution in [1.82, 2.24) is 0 Å². The van der Waals surface area contributed by atoms with Crippen molar-refractivity contribution in [1.29, 1.82) is 0 Å². The molecule has 4 aromatic carbocycles. The molecule has 38 heavy (non-hydrogen) atoms. The highest BCUT2D eigenvalue weighted by Gasteiger charge is 2.40. The molecule has 0 saturated carbocycles. The van der Waals surface area contributed by atoms with E-state index in [4.69, 9.17) is 0 Å². The standard InChI is InChI=1S/C37H43N/c1-24(2)28-20-19-27(26-15-11-10-12-16-26)23-33(28)38(36(5,6)7)32-22-21-30-29-17-13-14-18-31(29)37(8,9)35(30)34(32)25(3)4/h10-25H,1-9H3. The molecule has 1 nitrogen and oxygen atoms in total. The molecule has 1 heteroatoms. The number of benzene rings is 4. The molecule has 0 aliphatic heterocycles. The first-order valence-electron chi connectivity index (χ1n) is 14.2. The first-order chi connectivity index (χ1) is 17.9. The van der Waals surface area contributed by atoms with Crippen LogP contribution in [0, 0.1) is 0 Å². The third-order valence-electron chi connectivity index (χ3n) is 8.23. The molecule has 0 amide bonds. The molecule has 0 radical (unpaired) electrons. The average Bonchev–Trinajstić information content (AvgIpc) is 3.10. The zero-order valence-corrected chi connectivity index (χ0v) is 24.7. The smallest absolute Gasteiger partial charge is 0.0457 e. The number of fused-ring (bicyclic) bond motifs is 3. The Morgan fingerprint density at radius 2 is 1.29 bits per heavy atom. The van der Waals surface area contributed by atoms with Gasteiger partial charge in [-0.25, -0.2) is 0 Å². The summed E-state index contributed by atoms with van der Waals surface area (Å²) in [4.78, 5) is 2.63. The molecular weight excluding hydrogens is 458 g/mol. The Kier molecular flexibility index (Phi) is 6.54. The van der Waals surface area contributed by atoms with Crippen LogP contribution in [0.25, 0.3) is 22.3 Å². The van der Waals surface area contributed by atoms with Gasteiger partial charge in [-0.1, -0.05) is 114 Å². The van der Waals surface area contributed by atoms with Crippen LogP contribution >= 0.6 is 0 Å². The minimum atomic E-state index is -0.119. The van der Waals surface area contributed by atoms with Gasteiger partial charge in [-0.2, -0.15) is 0 Å². The van der Waals surface area contributed by atoms with Gasteiger partial charge in [-0.05, 0) is 89.2 Å². The van der Waals surface area contributed by atoms with Crippen molar-refractivity contribution in [2.45, 2.75) is 85.1 Å². The van der Waals surface area contributed by atoms with Gasteiger partial charge in [0.15, 0.2) is 0 Å². The first kappa shape index (κ1) is 26.3. The lowest BCUT2D eigenvalue weighted by Gasteiger charge is -2.42. The molecule has 196 valence electrons. The monoisotopic (exact) mass is 501 g/mol. The van der Waals surface area contributed by atoms with Gasteiger partial charge < -0.3 is 4.90 Å². The highest BCUT2D eigenvalue weighted by Crippen LogP contribution is 2.55. The maximum absolute atomic E-state index is 2.63. The Bertz CT molecular complexity index is 1460. The average molecular weight is 502 g/mol. The fourth-order valence-electron chi connectivity index (χ4n) is 6.57. The van der Waals surface area contributed by atoms with E-state index in [1.54, 1.807) is 0 Å². The SMILES string of the molecule is CC(C)c1ccc(-c2ccccc2)cc1N(c1ccc2c(c1C(C)C)C(C)(C)c1ccccc1-2)C(C)(C)C. The third kappa shape index (κ3) is 4.27. The lowest BCUT2D eigenvalue weighted by atomic mass is 9.77. The third-order valence-corrected chi connectivity index (χ3v) is 8.23. The van der Waals surface area contributed by atoms with Crippen molar-refractivity contribution < 1.29 is 0 Å². The van der Waals surface area contributed by atoms with Crippen molar-refractivity contribution in [2.24, 2.45) is 0 Å². The van der Waals surface area contributed by atoms with E-state index < -0.39 is 0 Å². The second-order valence-electron chi connectivity index (χ2n) is 13.0. The summed E-state index contributed by atoms with van der Waals surface area (Å²) in [6.45, 7) is 21.2. The summed E-state index contributed by atoms with van der Waals surface area (Å²) in [6.07, 6.45) is 0. The number of nitrogens with zero attached hydrogens (tertiary/aromatic N) is 1. The number of hydrogen-bond donors (Lipinski definition) is 0. The Morgan fingerprint density at radius 1 is 0.632 bits per heavy atom. The van der Waals surface area contributed by atoms with Crippen molar-refractivity contribution in [3.8, 4) is 22.3 Å². The highest BCUT2D eigenvalue weighted by atomic mass is 15.2. The van der Waals surface area contributed by atoms with Crippen molar-refractivity contribution in [3.63, 3.8) is 0 Å². The molecular formula is C37H43N. The summed E-state index contributed by atoms with van der Waals surface area (Å²) in [5.74, 6) is 0.801. The Labute approximate surface area is 230 Å². The highest BCUT2D eigenvalue weighted by molar-refractivity contribution is 5.87. The van der Waals surface area contributed by atoms with Crippen LogP contribution in [0.2, 0.25) is 0 Å². The summed E-state index contributed by atoms with van der Waals surface area (Å²) in [5.41, 5.74) is 13.6. The zero-order chi connectivity index (χ0) is 27.4. The Morgan fingerprint density at radius 3 is 1.92 bits per heavy atom.